The third-order valence-corrected chi connectivity index (χ3v) is 6.85. The fourth-order valence-corrected chi connectivity index (χ4v) is 4.82. The summed E-state index contributed by atoms with van der Waals surface area (Å²) in [5, 5.41) is 1.18. The standard InChI is InChI=1S/C29H38ClN5O6/c1-29(2,3)41-28(37)22-17-32-24-16-23(30)20(15-21(22)24)19-5-6-25(33-27(19)38-4)34-8-10-35(11-9-34)26(36)18-40-14-13-39-12-7-31/h5-6,15-17,32H,7-14,18,31H2,1-4H3. The van der Waals surface area contributed by atoms with Crippen molar-refractivity contribution in [1.82, 2.24) is 14.9 Å². The zero-order valence-corrected chi connectivity index (χ0v) is 24.8. The van der Waals surface area contributed by atoms with Crippen molar-refractivity contribution < 1.29 is 28.5 Å². The number of amides is 1. The molecule has 0 atom stereocenters. The lowest BCUT2D eigenvalue weighted by Crippen LogP contribution is -2.50. The maximum atomic E-state index is 12.8. The average molecular weight is 588 g/mol. The van der Waals surface area contributed by atoms with Crippen molar-refractivity contribution in [3.63, 3.8) is 0 Å². The van der Waals surface area contributed by atoms with Gasteiger partial charge in [-0.1, -0.05) is 11.6 Å². The highest BCUT2D eigenvalue weighted by Gasteiger charge is 2.25. The van der Waals surface area contributed by atoms with E-state index in [1.165, 1.54) is 0 Å². The van der Waals surface area contributed by atoms with E-state index in [4.69, 9.17) is 41.3 Å². The van der Waals surface area contributed by atoms with Crippen molar-refractivity contribution in [2.75, 3.05) is 71.2 Å². The summed E-state index contributed by atoms with van der Waals surface area (Å²) in [5.41, 5.74) is 7.29. The highest BCUT2D eigenvalue weighted by molar-refractivity contribution is 6.34. The number of aromatic nitrogens is 2. The molecule has 1 aliphatic heterocycles. The van der Waals surface area contributed by atoms with Gasteiger partial charge in [0, 0.05) is 61.0 Å². The molecule has 0 aliphatic carbocycles. The highest BCUT2D eigenvalue weighted by Crippen LogP contribution is 2.38. The fourth-order valence-electron chi connectivity index (χ4n) is 4.56. The number of pyridine rings is 1. The minimum Gasteiger partial charge on any atom is -0.480 e. The van der Waals surface area contributed by atoms with Crippen LogP contribution in [0.4, 0.5) is 5.82 Å². The topological polar surface area (TPSA) is 132 Å². The van der Waals surface area contributed by atoms with Gasteiger partial charge in [0.15, 0.2) is 0 Å². The van der Waals surface area contributed by atoms with Gasteiger partial charge in [0.1, 0.15) is 18.0 Å². The SMILES string of the molecule is COc1nc(N2CCN(C(=O)COCCOCCN)CC2)ccc1-c1cc2c(C(=O)OC(C)(C)C)c[nH]c2cc1Cl. The number of carbonyl (C=O) groups excluding carboxylic acids is 2. The fraction of sp³-hybridized carbons (Fsp3) is 0.483. The molecule has 222 valence electrons. The molecule has 0 saturated carbocycles. The van der Waals surface area contributed by atoms with E-state index >= 15 is 0 Å². The van der Waals surface area contributed by atoms with Crippen LogP contribution in [-0.2, 0) is 19.0 Å². The Hall–Kier alpha value is -3.38. The van der Waals surface area contributed by atoms with E-state index in [0.29, 0.717) is 85.5 Å². The van der Waals surface area contributed by atoms with Crippen molar-refractivity contribution in [2.24, 2.45) is 5.73 Å². The van der Waals surface area contributed by atoms with Crippen LogP contribution in [0.15, 0.2) is 30.5 Å². The summed E-state index contributed by atoms with van der Waals surface area (Å²) in [6.45, 7) is 9.56. The average Bonchev–Trinajstić information content (AvgIpc) is 3.36. The number of nitrogens with two attached hydrogens (primary N) is 1. The Morgan fingerprint density at radius 1 is 1.05 bits per heavy atom. The van der Waals surface area contributed by atoms with E-state index in [9.17, 15) is 9.59 Å². The molecule has 12 heteroatoms. The lowest BCUT2D eigenvalue weighted by molar-refractivity contribution is -0.136. The maximum absolute atomic E-state index is 12.8. The second-order valence-electron chi connectivity index (χ2n) is 10.6. The van der Waals surface area contributed by atoms with E-state index < -0.39 is 11.6 Å². The number of benzene rings is 1. The van der Waals surface area contributed by atoms with E-state index in [-0.39, 0.29) is 12.5 Å². The van der Waals surface area contributed by atoms with Gasteiger partial charge in [-0.3, -0.25) is 4.79 Å². The number of hydrogen-bond acceptors (Lipinski definition) is 9. The third kappa shape index (κ3) is 7.68. The van der Waals surface area contributed by atoms with Crippen LogP contribution in [0.25, 0.3) is 22.0 Å². The summed E-state index contributed by atoms with van der Waals surface area (Å²) >= 11 is 6.67. The minimum atomic E-state index is -0.620. The molecular formula is C29H38ClN5O6. The summed E-state index contributed by atoms with van der Waals surface area (Å²) in [4.78, 5) is 37.1. The molecule has 1 saturated heterocycles. The van der Waals surface area contributed by atoms with Crippen LogP contribution in [0.2, 0.25) is 5.02 Å². The van der Waals surface area contributed by atoms with Crippen LogP contribution in [0.1, 0.15) is 31.1 Å². The maximum Gasteiger partial charge on any atom is 0.340 e. The number of carbonyl (C=O) groups is 2. The lowest BCUT2D eigenvalue weighted by Gasteiger charge is -2.35. The van der Waals surface area contributed by atoms with Crippen molar-refractivity contribution in [1.29, 1.82) is 0 Å². The van der Waals surface area contributed by atoms with E-state index in [1.807, 2.05) is 39.0 Å². The van der Waals surface area contributed by atoms with Crippen molar-refractivity contribution in [3.8, 4) is 17.0 Å². The Morgan fingerprint density at radius 2 is 1.78 bits per heavy atom. The Kier molecular flexibility index (Phi) is 10.1. The van der Waals surface area contributed by atoms with Crippen LogP contribution in [0, 0.1) is 0 Å². The number of nitrogens with zero attached hydrogens (tertiary/aromatic N) is 3. The first kappa shape index (κ1) is 30.6. The van der Waals surface area contributed by atoms with Crippen LogP contribution in [0.5, 0.6) is 5.88 Å². The van der Waals surface area contributed by atoms with Gasteiger partial charge < -0.3 is 39.5 Å². The first-order chi connectivity index (χ1) is 19.6. The quantitative estimate of drug-likeness (QED) is 0.255. The van der Waals surface area contributed by atoms with Gasteiger partial charge >= 0.3 is 5.97 Å². The Labute approximate surface area is 244 Å². The largest absolute Gasteiger partial charge is 0.480 e. The normalized spacial score (nSPS) is 14.0. The molecule has 11 nitrogen and oxygen atoms in total. The lowest BCUT2D eigenvalue weighted by atomic mass is 10.0. The summed E-state index contributed by atoms with van der Waals surface area (Å²) in [7, 11) is 1.56. The van der Waals surface area contributed by atoms with E-state index in [2.05, 4.69) is 9.88 Å². The molecule has 1 aromatic carbocycles. The van der Waals surface area contributed by atoms with Gasteiger partial charge in [-0.25, -0.2) is 4.79 Å². The number of anilines is 1. The summed E-state index contributed by atoms with van der Waals surface area (Å²) in [6, 6.07) is 7.45. The molecule has 2 aromatic heterocycles. The molecule has 1 amide bonds. The number of methoxy groups -OCH3 is 1. The molecule has 4 rings (SSSR count). The van der Waals surface area contributed by atoms with Crippen molar-refractivity contribution in [2.45, 2.75) is 26.4 Å². The minimum absolute atomic E-state index is 0.0225. The molecule has 1 aliphatic rings. The molecule has 3 heterocycles. The second-order valence-corrected chi connectivity index (χ2v) is 11.0. The van der Waals surface area contributed by atoms with Gasteiger partial charge in [-0.05, 0) is 45.0 Å². The molecule has 3 N–H and O–H groups in total. The summed E-state index contributed by atoms with van der Waals surface area (Å²) < 4.78 is 21.9. The number of hydrogen-bond donors (Lipinski definition) is 2. The highest BCUT2D eigenvalue weighted by atomic mass is 35.5. The molecular weight excluding hydrogens is 550 g/mol. The predicted molar refractivity (Wildman–Crippen MR) is 158 cm³/mol. The van der Waals surface area contributed by atoms with Crippen LogP contribution >= 0.6 is 11.6 Å². The zero-order chi connectivity index (χ0) is 29.6. The zero-order valence-electron chi connectivity index (χ0n) is 24.0. The van der Waals surface area contributed by atoms with E-state index in [0.717, 1.165) is 11.3 Å². The number of halogens is 1. The first-order valence-electron chi connectivity index (χ1n) is 13.6. The smallest absolute Gasteiger partial charge is 0.340 e. The van der Waals surface area contributed by atoms with E-state index in [1.54, 1.807) is 24.3 Å². The third-order valence-electron chi connectivity index (χ3n) is 6.53. The van der Waals surface area contributed by atoms with Gasteiger partial charge in [-0.2, -0.15) is 4.98 Å². The number of aromatic amines is 1. The van der Waals surface area contributed by atoms with Gasteiger partial charge in [0.05, 0.1) is 37.5 Å². The summed E-state index contributed by atoms with van der Waals surface area (Å²) in [5.74, 6) is 0.671. The van der Waals surface area contributed by atoms with Gasteiger partial charge in [0.2, 0.25) is 11.8 Å². The van der Waals surface area contributed by atoms with Gasteiger partial charge in [-0.15, -0.1) is 0 Å². The molecule has 3 aromatic rings. The molecule has 0 spiro atoms. The van der Waals surface area contributed by atoms with Crippen LogP contribution < -0.4 is 15.4 Å². The van der Waals surface area contributed by atoms with Crippen LogP contribution in [-0.4, -0.2) is 98.6 Å². The van der Waals surface area contributed by atoms with Gasteiger partial charge in [0.25, 0.3) is 0 Å². The number of rotatable bonds is 11. The first-order valence-corrected chi connectivity index (χ1v) is 14.0. The van der Waals surface area contributed by atoms with Crippen LogP contribution in [0.3, 0.4) is 0 Å². The number of fused-ring (bicyclic) bond motifs is 1. The predicted octanol–water partition coefficient (Wildman–Crippen LogP) is 3.49. The molecule has 1 fully saturated rings. The Bertz CT molecular complexity index is 1360. The number of piperazine rings is 1. The molecule has 0 unspecified atom stereocenters. The number of nitrogens with one attached hydrogen (secondary N) is 1. The summed E-state index contributed by atoms with van der Waals surface area (Å²) in [6.07, 6.45) is 1.63. The molecule has 41 heavy (non-hydrogen) atoms. The molecule has 0 radical (unpaired) electrons. The Balaban J connectivity index is 1.45. The Morgan fingerprint density at radius 3 is 2.46 bits per heavy atom. The number of ether oxygens (including phenoxy) is 4. The van der Waals surface area contributed by atoms with Crippen molar-refractivity contribution >= 4 is 40.2 Å². The second kappa shape index (κ2) is 13.5. The molecule has 0 bridgehead atoms. The van der Waals surface area contributed by atoms with Crippen molar-refractivity contribution in [3.05, 3.63) is 41.0 Å². The monoisotopic (exact) mass is 587 g/mol. The number of H-pyrrole nitrogens is 1. The number of esters is 1.